The lowest BCUT2D eigenvalue weighted by Gasteiger charge is -2.47. The summed E-state index contributed by atoms with van der Waals surface area (Å²) in [5.74, 6) is -1.02. The second-order valence-corrected chi connectivity index (χ2v) is 19.8. The first-order chi connectivity index (χ1) is 29.6. The Morgan fingerprint density at radius 3 is 2.08 bits per heavy atom. The average molecular weight is 882 g/mol. The van der Waals surface area contributed by atoms with Gasteiger partial charge in [-0.25, -0.2) is 24.2 Å². The van der Waals surface area contributed by atoms with Crippen molar-refractivity contribution in [1.82, 2.24) is 24.5 Å². The van der Waals surface area contributed by atoms with Crippen molar-refractivity contribution < 1.29 is 38.2 Å². The molecule has 2 aromatic heterocycles. The van der Waals surface area contributed by atoms with Crippen LogP contribution in [-0.4, -0.2) is 89.5 Å². The van der Waals surface area contributed by atoms with Crippen LogP contribution < -0.4 is 20.4 Å². The zero-order valence-electron chi connectivity index (χ0n) is 39.4. The molecule has 344 valence electrons. The monoisotopic (exact) mass is 881 g/mol. The van der Waals surface area contributed by atoms with E-state index in [2.05, 4.69) is 22.3 Å². The van der Waals surface area contributed by atoms with E-state index in [-0.39, 0.29) is 30.9 Å². The van der Waals surface area contributed by atoms with Gasteiger partial charge in [-0.05, 0) is 137 Å². The topological polar surface area (TPSA) is 190 Å². The van der Waals surface area contributed by atoms with Crippen LogP contribution in [0.15, 0.2) is 67.4 Å². The predicted molar refractivity (Wildman–Crippen MR) is 246 cm³/mol. The van der Waals surface area contributed by atoms with E-state index in [1.165, 1.54) is 14.3 Å². The minimum atomic E-state index is -0.935. The van der Waals surface area contributed by atoms with Crippen molar-refractivity contribution in [2.24, 2.45) is 0 Å². The molecule has 2 N–H and O–H groups in total. The number of likely N-dealkylation sites (tertiary alicyclic amines) is 1. The third kappa shape index (κ3) is 12.3. The largest absolute Gasteiger partial charge is 0.444 e. The van der Waals surface area contributed by atoms with E-state index < -0.39 is 58.5 Å². The average Bonchev–Trinajstić information content (AvgIpc) is 3.60. The number of rotatable bonds is 10. The van der Waals surface area contributed by atoms with E-state index in [4.69, 9.17) is 24.2 Å². The molecule has 0 radical (unpaired) electrons. The number of nitrogens with zero attached hydrogens (tertiary/aromatic N) is 7. The lowest BCUT2D eigenvalue weighted by Crippen LogP contribution is -2.60. The summed E-state index contributed by atoms with van der Waals surface area (Å²) in [5, 5.41) is 10.2. The maximum Gasteiger partial charge on any atom is 0.417 e. The fourth-order valence-electron chi connectivity index (χ4n) is 6.92. The number of amides is 5. The van der Waals surface area contributed by atoms with Gasteiger partial charge in [0.25, 0.3) is 5.91 Å². The molecule has 1 aliphatic rings. The smallest absolute Gasteiger partial charge is 0.417 e. The summed E-state index contributed by atoms with van der Waals surface area (Å²) in [5.41, 5.74) is -0.462. The Hall–Kier alpha value is -6.52. The van der Waals surface area contributed by atoms with E-state index >= 15 is 0 Å². The molecule has 1 saturated heterocycles. The first-order valence-corrected chi connectivity index (χ1v) is 21.4. The number of fused-ring (bicyclic) bond motifs is 1. The number of hydrogen-bond acceptors (Lipinski definition) is 11. The minimum absolute atomic E-state index is 0.0114. The lowest BCUT2D eigenvalue weighted by atomic mass is 9.88. The second kappa shape index (κ2) is 18.7. The molecule has 17 heteroatoms. The van der Waals surface area contributed by atoms with E-state index in [9.17, 15) is 24.0 Å². The number of anilines is 4. The molecule has 1 atom stereocenters. The SMILES string of the molecule is C=CC(=O)Nc1cccc(C(=O)Nc2cccc(CN(C(=O)OC(C)(C)C)c3nc(N(C(=O)OC(C)(C)C)C4CCC(C)(C)N(C(=O)OC(C)(C)C)C4)nc4c(C(C)C)cnn34)c2)c1. The molecule has 64 heavy (non-hydrogen) atoms. The molecule has 1 aliphatic heterocycles. The lowest BCUT2D eigenvalue weighted by molar-refractivity contribution is -0.111. The number of carbonyl (C=O) groups is 5. The molecular weight excluding hydrogens is 819 g/mol. The Morgan fingerprint density at radius 1 is 0.859 bits per heavy atom. The third-order valence-corrected chi connectivity index (χ3v) is 9.95. The van der Waals surface area contributed by atoms with Crippen molar-refractivity contribution in [1.29, 1.82) is 0 Å². The molecule has 3 heterocycles. The van der Waals surface area contributed by atoms with Gasteiger partial charge in [0.15, 0.2) is 5.65 Å². The van der Waals surface area contributed by atoms with Crippen molar-refractivity contribution in [2.75, 3.05) is 27.0 Å². The molecule has 17 nitrogen and oxygen atoms in total. The molecule has 1 unspecified atom stereocenters. The Labute approximate surface area is 375 Å². The van der Waals surface area contributed by atoms with Crippen LogP contribution in [0, 0.1) is 0 Å². The van der Waals surface area contributed by atoms with Crippen molar-refractivity contribution in [2.45, 2.75) is 144 Å². The zero-order chi connectivity index (χ0) is 47.5. The van der Waals surface area contributed by atoms with Crippen LogP contribution in [0.1, 0.15) is 130 Å². The van der Waals surface area contributed by atoms with Crippen molar-refractivity contribution in [3.8, 4) is 0 Å². The van der Waals surface area contributed by atoms with Crippen LogP contribution >= 0.6 is 0 Å². The first kappa shape index (κ1) is 48.5. The van der Waals surface area contributed by atoms with Crippen molar-refractivity contribution in [3.63, 3.8) is 0 Å². The van der Waals surface area contributed by atoms with Gasteiger partial charge in [-0.1, -0.05) is 38.6 Å². The fourth-order valence-corrected chi connectivity index (χ4v) is 6.92. The summed E-state index contributed by atoms with van der Waals surface area (Å²) < 4.78 is 19.3. The van der Waals surface area contributed by atoms with E-state index in [0.717, 1.165) is 11.6 Å². The highest BCUT2D eigenvalue weighted by atomic mass is 16.6. The Balaban J connectivity index is 1.63. The third-order valence-electron chi connectivity index (χ3n) is 9.95. The Kier molecular flexibility index (Phi) is 14.2. The quantitative estimate of drug-likeness (QED) is 0.114. The summed E-state index contributed by atoms with van der Waals surface area (Å²) in [4.78, 5) is 82.3. The van der Waals surface area contributed by atoms with Gasteiger partial charge in [0.05, 0.1) is 18.8 Å². The summed E-state index contributed by atoms with van der Waals surface area (Å²) in [6.07, 6.45) is 1.69. The normalized spacial score (nSPS) is 15.3. The van der Waals surface area contributed by atoms with Crippen molar-refractivity contribution >= 4 is 59.0 Å². The van der Waals surface area contributed by atoms with Gasteiger partial charge in [0.1, 0.15) is 16.8 Å². The Bertz CT molecular complexity index is 2400. The maximum atomic E-state index is 14.5. The van der Waals surface area contributed by atoms with Gasteiger partial charge in [0, 0.05) is 34.6 Å². The molecule has 1 fully saturated rings. The molecule has 2 aromatic carbocycles. The summed E-state index contributed by atoms with van der Waals surface area (Å²) in [6, 6.07) is 12.7. The summed E-state index contributed by atoms with van der Waals surface area (Å²) in [7, 11) is 0. The van der Waals surface area contributed by atoms with Gasteiger partial charge in [-0.3, -0.25) is 9.59 Å². The molecule has 4 aromatic rings. The summed E-state index contributed by atoms with van der Waals surface area (Å²) in [6.45, 7) is 27.2. The molecular formula is C47H63N9O8. The van der Waals surface area contributed by atoms with E-state index in [1.54, 1.807) is 122 Å². The predicted octanol–water partition coefficient (Wildman–Crippen LogP) is 9.49. The molecule has 0 spiro atoms. The van der Waals surface area contributed by atoms with Crippen molar-refractivity contribution in [3.05, 3.63) is 84.1 Å². The number of nitrogens with one attached hydrogen (secondary N) is 2. The molecule has 0 aliphatic carbocycles. The number of carbonyl (C=O) groups excluding carboxylic acids is 5. The van der Waals surface area contributed by atoms with Crippen LogP contribution in [0.5, 0.6) is 0 Å². The van der Waals surface area contributed by atoms with Crippen LogP contribution in [0.2, 0.25) is 0 Å². The highest BCUT2D eigenvalue weighted by Gasteiger charge is 2.44. The molecule has 5 amide bonds. The number of ether oxygens (including phenoxy) is 3. The number of piperidine rings is 1. The standard InChI is InChI=1S/C47H63N9O8/c1-15-36(57)49-33-21-17-19-31(25-33)38(58)50-32-20-16-18-30(24-32)27-53(41(59)62-44(4,5)6)40-52-39(51-37-35(29(2)3)26-48-56(37)40)55(43(61)64-46(10,11)12)34-22-23-47(13,14)54(28-34)42(60)63-45(7,8)9/h15-21,24-26,29,34H,1,22-23,27-28H2,2-14H3,(H,49,57)(H,50,58). The van der Waals surface area contributed by atoms with Crippen LogP contribution in [0.3, 0.4) is 0 Å². The Morgan fingerprint density at radius 2 is 1.47 bits per heavy atom. The second-order valence-electron chi connectivity index (χ2n) is 19.8. The van der Waals surface area contributed by atoms with Gasteiger partial charge in [-0.15, -0.1) is 0 Å². The van der Waals surface area contributed by atoms with Gasteiger partial charge in [-0.2, -0.15) is 19.6 Å². The maximum absolute atomic E-state index is 14.5. The van der Waals surface area contributed by atoms with Crippen LogP contribution in [0.25, 0.3) is 5.65 Å². The highest BCUT2D eigenvalue weighted by Crippen LogP contribution is 2.35. The van der Waals surface area contributed by atoms with Gasteiger partial charge in [0.2, 0.25) is 17.8 Å². The summed E-state index contributed by atoms with van der Waals surface area (Å²) >= 11 is 0. The van der Waals surface area contributed by atoms with Crippen LogP contribution in [0.4, 0.5) is 37.7 Å². The number of hydrogen-bond donors (Lipinski definition) is 2. The zero-order valence-corrected chi connectivity index (χ0v) is 39.4. The number of aromatic nitrogens is 4. The molecule has 5 rings (SSSR count). The fraction of sp³-hybridized carbons (Fsp3) is 0.489. The molecule has 0 saturated carbocycles. The van der Waals surface area contributed by atoms with Crippen LogP contribution in [-0.2, 0) is 25.5 Å². The first-order valence-electron chi connectivity index (χ1n) is 21.4. The number of benzene rings is 2. The van der Waals surface area contributed by atoms with E-state index in [1.807, 2.05) is 27.7 Å². The van der Waals surface area contributed by atoms with Gasteiger partial charge < -0.3 is 29.7 Å². The molecule has 0 bridgehead atoms. The van der Waals surface area contributed by atoms with E-state index in [0.29, 0.717) is 41.0 Å². The van der Waals surface area contributed by atoms with Gasteiger partial charge >= 0.3 is 18.3 Å². The highest BCUT2D eigenvalue weighted by molar-refractivity contribution is 6.06. The minimum Gasteiger partial charge on any atom is -0.444 e.